The molecule has 2 atom stereocenters. The lowest BCUT2D eigenvalue weighted by Gasteiger charge is -2.23. The van der Waals surface area contributed by atoms with Crippen molar-refractivity contribution in [2.24, 2.45) is 0 Å². The van der Waals surface area contributed by atoms with E-state index in [1.54, 1.807) is 0 Å². The van der Waals surface area contributed by atoms with E-state index in [1.165, 1.54) is 5.56 Å². The van der Waals surface area contributed by atoms with Gasteiger partial charge in [0.1, 0.15) is 12.4 Å². The molecule has 0 saturated carbocycles. The van der Waals surface area contributed by atoms with Crippen molar-refractivity contribution in [2.45, 2.75) is 90.4 Å². The number of nitrogens with zero attached hydrogens (tertiary/aromatic N) is 5. The zero-order valence-electron chi connectivity index (χ0n) is 27.3. The Hall–Kier alpha value is -3.09. The van der Waals surface area contributed by atoms with Gasteiger partial charge in [-0.2, -0.15) is 10.2 Å². The summed E-state index contributed by atoms with van der Waals surface area (Å²) in [6.45, 7) is 13.6. The molecule has 0 N–H and O–H groups in total. The van der Waals surface area contributed by atoms with Crippen LogP contribution in [0.15, 0.2) is 55.0 Å². The topological polar surface area (TPSA) is 94.7 Å². The molecule has 1 aromatic carbocycles. The maximum Gasteiger partial charge on any atom is 0.214 e. The second-order valence-corrected chi connectivity index (χ2v) is 18.6. The van der Waals surface area contributed by atoms with Gasteiger partial charge in [0.05, 0.1) is 37.2 Å². The van der Waals surface area contributed by atoms with Crippen LogP contribution in [-0.4, -0.2) is 71.8 Å². The third kappa shape index (κ3) is 10.2. The number of rotatable bonds is 18. The van der Waals surface area contributed by atoms with Gasteiger partial charge in [0.2, 0.25) is 5.88 Å². The lowest BCUT2D eigenvalue weighted by Crippen LogP contribution is -2.22. The summed E-state index contributed by atoms with van der Waals surface area (Å²) in [6.07, 6.45) is 10.3. The molecular formula is C34H49N5O5Si. The van der Waals surface area contributed by atoms with Crippen molar-refractivity contribution in [3.8, 4) is 17.1 Å². The number of benzene rings is 1. The zero-order chi connectivity index (χ0) is 31.5. The first-order valence-electron chi connectivity index (χ1n) is 16.3. The third-order valence-corrected chi connectivity index (χ3v) is 9.51. The van der Waals surface area contributed by atoms with Gasteiger partial charge in [0, 0.05) is 64.1 Å². The summed E-state index contributed by atoms with van der Waals surface area (Å²) >= 11 is 0. The first-order valence-corrected chi connectivity index (χ1v) is 20.0. The van der Waals surface area contributed by atoms with Gasteiger partial charge in [0.25, 0.3) is 0 Å². The van der Waals surface area contributed by atoms with E-state index >= 15 is 0 Å². The predicted octanol–water partition coefficient (Wildman–Crippen LogP) is 7.09. The van der Waals surface area contributed by atoms with Crippen LogP contribution in [0.2, 0.25) is 25.7 Å². The highest BCUT2D eigenvalue weighted by Gasteiger charge is 2.23. The fourth-order valence-electron chi connectivity index (χ4n) is 5.17. The summed E-state index contributed by atoms with van der Waals surface area (Å²) < 4.78 is 33.6. The van der Waals surface area contributed by atoms with Gasteiger partial charge in [-0.25, -0.2) is 14.3 Å². The van der Waals surface area contributed by atoms with E-state index in [-0.39, 0.29) is 12.3 Å². The van der Waals surface area contributed by atoms with Gasteiger partial charge >= 0.3 is 0 Å². The molecule has 10 nitrogen and oxygen atoms in total. The first-order chi connectivity index (χ1) is 21.9. The smallest absolute Gasteiger partial charge is 0.214 e. The van der Waals surface area contributed by atoms with Gasteiger partial charge < -0.3 is 23.7 Å². The lowest BCUT2D eigenvalue weighted by molar-refractivity contribution is -0.0365. The van der Waals surface area contributed by atoms with Gasteiger partial charge in [-0.15, -0.1) is 0 Å². The average Bonchev–Trinajstić information content (AvgIpc) is 3.66. The van der Waals surface area contributed by atoms with Crippen LogP contribution in [0.5, 0.6) is 5.88 Å². The van der Waals surface area contributed by atoms with Crippen LogP contribution in [0.1, 0.15) is 50.8 Å². The molecule has 5 rings (SSSR count). The predicted molar refractivity (Wildman–Crippen MR) is 178 cm³/mol. The molecule has 4 aromatic rings. The summed E-state index contributed by atoms with van der Waals surface area (Å²) in [5, 5.41) is 10.6. The fraction of sp³-hybridized carbons (Fsp3) is 0.559. The average molecular weight is 636 g/mol. The number of hydrogen-bond acceptors (Lipinski definition) is 8. The van der Waals surface area contributed by atoms with Crippen LogP contribution in [0.25, 0.3) is 22.2 Å². The SMILES string of the molecule is C[C@H](CCOCCCOCc1ccccc1)Oc1cc2c(-c3cnn(COCC[Si](C)(C)C)c3)nn(C3CCCCO3)c2cn1. The van der Waals surface area contributed by atoms with Crippen molar-refractivity contribution in [2.75, 3.05) is 33.0 Å². The molecule has 0 spiro atoms. The third-order valence-electron chi connectivity index (χ3n) is 7.80. The molecule has 0 amide bonds. The van der Waals surface area contributed by atoms with E-state index < -0.39 is 8.07 Å². The van der Waals surface area contributed by atoms with Crippen LogP contribution in [0.3, 0.4) is 0 Å². The van der Waals surface area contributed by atoms with Gasteiger partial charge in [0.15, 0.2) is 6.23 Å². The fourth-order valence-corrected chi connectivity index (χ4v) is 5.92. The van der Waals surface area contributed by atoms with Crippen molar-refractivity contribution in [3.05, 3.63) is 60.6 Å². The van der Waals surface area contributed by atoms with E-state index in [1.807, 2.05) is 59.1 Å². The maximum absolute atomic E-state index is 6.24. The van der Waals surface area contributed by atoms with Gasteiger partial charge in [-0.1, -0.05) is 50.0 Å². The minimum Gasteiger partial charge on any atom is -0.475 e. The van der Waals surface area contributed by atoms with Gasteiger partial charge in [-0.05, 0) is 44.2 Å². The van der Waals surface area contributed by atoms with E-state index in [9.17, 15) is 0 Å². The van der Waals surface area contributed by atoms with Crippen LogP contribution in [0.4, 0.5) is 0 Å². The van der Waals surface area contributed by atoms with E-state index in [2.05, 4.69) is 41.9 Å². The second kappa shape index (κ2) is 16.5. The molecule has 0 radical (unpaired) electrons. The monoisotopic (exact) mass is 635 g/mol. The molecule has 244 valence electrons. The van der Waals surface area contributed by atoms with Crippen LogP contribution >= 0.6 is 0 Å². The summed E-state index contributed by atoms with van der Waals surface area (Å²) in [5.74, 6) is 0.566. The Bertz CT molecular complexity index is 1450. The summed E-state index contributed by atoms with van der Waals surface area (Å²) in [7, 11) is -1.14. The first kappa shape index (κ1) is 33.3. The quantitative estimate of drug-likeness (QED) is 0.0845. The Morgan fingerprint density at radius 3 is 2.64 bits per heavy atom. The Morgan fingerprint density at radius 1 is 1.00 bits per heavy atom. The number of pyridine rings is 1. The van der Waals surface area contributed by atoms with E-state index in [0.717, 1.165) is 73.5 Å². The molecule has 3 aromatic heterocycles. The van der Waals surface area contributed by atoms with Crippen LogP contribution in [0, 0.1) is 0 Å². The molecule has 0 bridgehead atoms. The Morgan fingerprint density at radius 2 is 1.84 bits per heavy atom. The standard InChI is InChI=1S/C34H49N5O5Si/c1-27(14-18-40-15-10-16-41-25-28-11-6-5-7-12-28)44-32-21-30-31(23-35-32)39(33-13-8-9-17-43-33)37-34(30)29-22-36-38(24-29)26-42-19-20-45(2,3)4/h5-7,11-12,21-24,27,33H,8-10,13-20,25-26H2,1-4H3/t27-,33?/m1/s1. The van der Waals surface area contributed by atoms with Crippen molar-refractivity contribution in [1.29, 1.82) is 0 Å². The maximum atomic E-state index is 6.24. The summed E-state index contributed by atoms with van der Waals surface area (Å²) in [5.41, 5.74) is 3.87. The van der Waals surface area contributed by atoms with Crippen molar-refractivity contribution < 1.29 is 23.7 Å². The van der Waals surface area contributed by atoms with E-state index in [0.29, 0.717) is 39.0 Å². The normalized spacial score (nSPS) is 16.3. The zero-order valence-corrected chi connectivity index (χ0v) is 28.3. The molecule has 1 aliphatic rings. The molecule has 45 heavy (non-hydrogen) atoms. The second-order valence-electron chi connectivity index (χ2n) is 13.0. The number of ether oxygens (including phenoxy) is 5. The van der Waals surface area contributed by atoms with E-state index in [4.69, 9.17) is 28.8 Å². The summed E-state index contributed by atoms with van der Waals surface area (Å²) in [4.78, 5) is 4.65. The Labute approximate surface area is 268 Å². The molecular weight excluding hydrogens is 586 g/mol. The molecule has 1 aliphatic heterocycles. The highest BCUT2D eigenvalue weighted by Crippen LogP contribution is 2.34. The van der Waals surface area contributed by atoms with Crippen molar-refractivity contribution >= 4 is 19.0 Å². The Balaban J connectivity index is 1.16. The Kier molecular flexibility index (Phi) is 12.2. The molecule has 11 heteroatoms. The van der Waals surface area contributed by atoms with Crippen molar-refractivity contribution in [1.82, 2.24) is 24.5 Å². The van der Waals surface area contributed by atoms with Crippen molar-refractivity contribution in [3.63, 3.8) is 0 Å². The van der Waals surface area contributed by atoms with Crippen LogP contribution < -0.4 is 4.74 Å². The van der Waals surface area contributed by atoms with Crippen LogP contribution in [-0.2, 0) is 32.3 Å². The molecule has 0 aliphatic carbocycles. The molecule has 1 unspecified atom stereocenters. The number of hydrogen-bond donors (Lipinski definition) is 0. The summed E-state index contributed by atoms with van der Waals surface area (Å²) in [6, 6.07) is 13.3. The molecule has 4 heterocycles. The number of aromatic nitrogens is 5. The highest BCUT2D eigenvalue weighted by atomic mass is 28.3. The minimum absolute atomic E-state index is 0.0551. The minimum atomic E-state index is -1.14. The highest BCUT2D eigenvalue weighted by molar-refractivity contribution is 6.76. The largest absolute Gasteiger partial charge is 0.475 e. The molecule has 1 fully saturated rings. The van der Waals surface area contributed by atoms with Gasteiger partial charge in [-0.3, -0.25) is 0 Å². The number of fused-ring (bicyclic) bond motifs is 1. The lowest BCUT2D eigenvalue weighted by atomic mass is 10.1. The molecule has 1 saturated heterocycles.